The third-order valence-electron chi connectivity index (χ3n) is 2.05. The first kappa shape index (κ1) is 12.9. The van der Waals surface area contributed by atoms with Gasteiger partial charge in [0.1, 0.15) is 6.10 Å². The Hall–Kier alpha value is -0.190. The Balaban J connectivity index is 2.86. The van der Waals surface area contributed by atoms with Crippen LogP contribution in [0.5, 0.6) is 0 Å². The topological polar surface area (TPSA) is 26.3 Å². The number of Topliss-reactive ketones (excluding diaryl/α,β-unsaturated/α-hetero) is 1. The number of ether oxygens (including phenoxy) is 1. The van der Waals surface area contributed by atoms with Gasteiger partial charge >= 0.3 is 0 Å². The average molecular weight is 291 g/mol. The van der Waals surface area contributed by atoms with Crippen LogP contribution in [-0.2, 0) is 4.74 Å². The summed E-state index contributed by atoms with van der Waals surface area (Å²) in [5.74, 6) is 0.278. The molecule has 0 aliphatic heterocycles. The molecule has 4 heteroatoms. The molecule has 2 nitrogen and oxygen atoms in total. The standard InChI is InChI=1S/C11H15BrO2S/c1-4-14-10(7(2)3)9(13)11-8(12)5-6-15-11/h5-7,10H,4H2,1-3H3. The van der Waals surface area contributed by atoms with E-state index >= 15 is 0 Å². The molecule has 0 bridgehead atoms. The number of ketones is 1. The highest BCUT2D eigenvalue weighted by Gasteiger charge is 2.26. The van der Waals surface area contributed by atoms with Crippen molar-refractivity contribution in [2.45, 2.75) is 26.9 Å². The number of carbonyl (C=O) groups is 1. The van der Waals surface area contributed by atoms with Gasteiger partial charge in [0, 0.05) is 11.1 Å². The summed E-state index contributed by atoms with van der Waals surface area (Å²) in [6.07, 6.45) is -0.329. The molecule has 1 aromatic heterocycles. The van der Waals surface area contributed by atoms with E-state index < -0.39 is 0 Å². The molecule has 1 heterocycles. The van der Waals surface area contributed by atoms with Gasteiger partial charge < -0.3 is 4.74 Å². The van der Waals surface area contributed by atoms with Gasteiger partial charge in [-0.3, -0.25) is 4.79 Å². The Kier molecular flexibility index (Phi) is 4.96. The third-order valence-corrected chi connectivity index (χ3v) is 3.90. The lowest BCUT2D eigenvalue weighted by Crippen LogP contribution is -2.29. The summed E-state index contributed by atoms with van der Waals surface area (Å²) in [6.45, 7) is 6.48. The first-order valence-corrected chi connectivity index (χ1v) is 6.64. The molecule has 0 radical (unpaired) electrons. The first-order chi connectivity index (χ1) is 7.07. The Bertz CT molecular complexity index is 333. The fraction of sp³-hybridized carbons (Fsp3) is 0.545. The molecular formula is C11H15BrO2S. The van der Waals surface area contributed by atoms with E-state index in [1.165, 1.54) is 11.3 Å². The fourth-order valence-corrected chi connectivity index (χ4v) is 2.89. The summed E-state index contributed by atoms with van der Waals surface area (Å²) in [5, 5.41) is 1.90. The minimum Gasteiger partial charge on any atom is -0.370 e. The van der Waals surface area contributed by atoms with Gasteiger partial charge in [0.15, 0.2) is 0 Å². The lowest BCUT2D eigenvalue weighted by atomic mass is 10.0. The number of hydrogen-bond donors (Lipinski definition) is 0. The molecule has 0 aliphatic carbocycles. The summed E-state index contributed by atoms with van der Waals surface area (Å²) in [5.41, 5.74) is 0. The molecule has 0 spiro atoms. The minimum absolute atomic E-state index is 0.0775. The highest BCUT2D eigenvalue weighted by Crippen LogP contribution is 2.26. The van der Waals surface area contributed by atoms with Crippen molar-refractivity contribution >= 4 is 33.0 Å². The van der Waals surface area contributed by atoms with Crippen molar-refractivity contribution in [2.24, 2.45) is 5.92 Å². The first-order valence-electron chi connectivity index (χ1n) is 4.96. The molecule has 0 amide bonds. The largest absolute Gasteiger partial charge is 0.370 e. The summed E-state index contributed by atoms with van der Waals surface area (Å²) in [4.78, 5) is 12.9. The van der Waals surface area contributed by atoms with Crippen LogP contribution in [0, 0.1) is 5.92 Å². The smallest absolute Gasteiger partial charge is 0.202 e. The molecule has 0 saturated heterocycles. The Morgan fingerprint density at radius 2 is 2.27 bits per heavy atom. The summed E-state index contributed by atoms with van der Waals surface area (Å²) < 4.78 is 6.34. The number of thiophene rings is 1. The van der Waals surface area contributed by atoms with E-state index in [-0.39, 0.29) is 17.8 Å². The third kappa shape index (κ3) is 3.13. The molecule has 1 rings (SSSR count). The minimum atomic E-state index is -0.329. The van der Waals surface area contributed by atoms with Crippen molar-refractivity contribution in [1.29, 1.82) is 0 Å². The van der Waals surface area contributed by atoms with Crippen LogP contribution in [0.2, 0.25) is 0 Å². The highest BCUT2D eigenvalue weighted by molar-refractivity contribution is 9.10. The van der Waals surface area contributed by atoms with Gasteiger partial charge in [-0.1, -0.05) is 13.8 Å². The molecule has 0 aromatic carbocycles. The molecule has 1 unspecified atom stereocenters. The second kappa shape index (κ2) is 5.77. The molecule has 0 N–H and O–H groups in total. The van der Waals surface area contributed by atoms with Gasteiger partial charge in [-0.05, 0) is 40.2 Å². The summed E-state index contributed by atoms with van der Waals surface area (Å²) >= 11 is 4.82. The molecule has 0 saturated carbocycles. The molecular weight excluding hydrogens is 276 g/mol. The van der Waals surface area contributed by atoms with Crippen molar-refractivity contribution in [3.05, 3.63) is 20.8 Å². The van der Waals surface area contributed by atoms with Crippen LogP contribution in [0.3, 0.4) is 0 Å². The van der Waals surface area contributed by atoms with E-state index in [4.69, 9.17) is 4.74 Å². The quantitative estimate of drug-likeness (QED) is 0.772. The van der Waals surface area contributed by atoms with E-state index in [1.54, 1.807) is 0 Å². The summed E-state index contributed by atoms with van der Waals surface area (Å²) in [6, 6.07) is 1.89. The fourth-order valence-electron chi connectivity index (χ4n) is 1.35. The predicted octanol–water partition coefficient (Wildman–Crippen LogP) is 3.75. The van der Waals surface area contributed by atoms with Gasteiger partial charge in [-0.15, -0.1) is 11.3 Å². The molecule has 0 fully saturated rings. The monoisotopic (exact) mass is 290 g/mol. The molecule has 0 aliphatic rings. The van der Waals surface area contributed by atoms with Crippen molar-refractivity contribution in [2.75, 3.05) is 6.61 Å². The second-order valence-corrected chi connectivity index (χ2v) is 5.35. The number of rotatable bonds is 5. The van der Waals surface area contributed by atoms with Gasteiger partial charge in [0.05, 0.1) is 4.88 Å². The zero-order chi connectivity index (χ0) is 11.4. The van der Waals surface area contributed by atoms with E-state index in [1.807, 2.05) is 32.2 Å². The Labute approximate surface area is 103 Å². The molecule has 1 atom stereocenters. The molecule has 1 aromatic rings. The number of halogens is 1. The lowest BCUT2D eigenvalue weighted by Gasteiger charge is -2.18. The van der Waals surface area contributed by atoms with Crippen LogP contribution in [0.4, 0.5) is 0 Å². The van der Waals surface area contributed by atoms with Gasteiger partial charge in [-0.25, -0.2) is 0 Å². The second-order valence-electron chi connectivity index (χ2n) is 3.58. The predicted molar refractivity (Wildman–Crippen MR) is 66.6 cm³/mol. The number of carbonyl (C=O) groups excluding carboxylic acids is 1. The molecule has 15 heavy (non-hydrogen) atoms. The SMILES string of the molecule is CCOC(C(=O)c1sccc1Br)C(C)C. The summed E-state index contributed by atoms with van der Waals surface area (Å²) in [7, 11) is 0. The Morgan fingerprint density at radius 1 is 1.60 bits per heavy atom. The maximum atomic E-state index is 12.1. The zero-order valence-corrected chi connectivity index (χ0v) is 11.5. The number of hydrogen-bond acceptors (Lipinski definition) is 3. The van der Waals surface area contributed by atoms with Gasteiger partial charge in [-0.2, -0.15) is 0 Å². The van der Waals surface area contributed by atoms with E-state index in [0.717, 1.165) is 9.35 Å². The van der Waals surface area contributed by atoms with Gasteiger partial charge in [0.25, 0.3) is 0 Å². The highest BCUT2D eigenvalue weighted by atomic mass is 79.9. The lowest BCUT2D eigenvalue weighted by molar-refractivity contribution is 0.0282. The van der Waals surface area contributed by atoms with Crippen LogP contribution >= 0.6 is 27.3 Å². The maximum Gasteiger partial charge on any atom is 0.202 e. The van der Waals surface area contributed by atoms with Crippen LogP contribution in [0.25, 0.3) is 0 Å². The van der Waals surface area contributed by atoms with Crippen LogP contribution < -0.4 is 0 Å². The maximum absolute atomic E-state index is 12.1. The Morgan fingerprint density at radius 3 is 2.67 bits per heavy atom. The van der Waals surface area contributed by atoms with Crippen molar-refractivity contribution in [3.63, 3.8) is 0 Å². The van der Waals surface area contributed by atoms with Crippen molar-refractivity contribution < 1.29 is 9.53 Å². The van der Waals surface area contributed by atoms with E-state index in [0.29, 0.717) is 6.61 Å². The van der Waals surface area contributed by atoms with Crippen molar-refractivity contribution in [1.82, 2.24) is 0 Å². The normalized spacial score (nSPS) is 13.1. The van der Waals surface area contributed by atoms with E-state index in [2.05, 4.69) is 15.9 Å². The van der Waals surface area contributed by atoms with Gasteiger partial charge in [0.2, 0.25) is 5.78 Å². The molecule has 84 valence electrons. The zero-order valence-electron chi connectivity index (χ0n) is 9.12. The van der Waals surface area contributed by atoms with E-state index in [9.17, 15) is 4.79 Å². The van der Waals surface area contributed by atoms with Crippen LogP contribution in [0.1, 0.15) is 30.4 Å². The van der Waals surface area contributed by atoms with Crippen molar-refractivity contribution in [3.8, 4) is 0 Å². The van der Waals surface area contributed by atoms with Crippen LogP contribution in [0.15, 0.2) is 15.9 Å². The average Bonchev–Trinajstić information content (AvgIpc) is 2.59. The van der Waals surface area contributed by atoms with Crippen LogP contribution in [-0.4, -0.2) is 18.5 Å².